The molecule has 1 aliphatic heterocycles. The number of ether oxygens (including phenoxy) is 4. The molecule has 202 valence electrons. The number of aryl methyl sites for hydroxylation is 1. The van der Waals surface area contributed by atoms with Crippen LogP contribution in [-0.4, -0.2) is 35.8 Å². The molecule has 1 aromatic heterocycles. The molecule has 4 aromatic rings. The molecule has 8 nitrogen and oxygen atoms in total. The Balaban J connectivity index is 1.62. The van der Waals surface area contributed by atoms with Crippen LogP contribution in [0.3, 0.4) is 0 Å². The topological polar surface area (TPSA) is 91.8 Å². The molecule has 1 fully saturated rings. The minimum Gasteiger partial charge on any atom is -0.346 e. The molecule has 8 heteroatoms. The van der Waals surface area contributed by atoms with E-state index in [0.29, 0.717) is 18.4 Å². The molecular formula is C31H32N2O6. The van der Waals surface area contributed by atoms with Crippen molar-refractivity contribution in [1.82, 2.24) is 9.55 Å². The second kappa shape index (κ2) is 11.1. The van der Waals surface area contributed by atoms with Crippen LogP contribution in [0.25, 0.3) is 0 Å². The maximum Gasteiger partial charge on any atom is 0.330 e. The number of benzene rings is 3. The van der Waals surface area contributed by atoms with Gasteiger partial charge in [-0.05, 0) is 36.5 Å². The van der Waals surface area contributed by atoms with Crippen LogP contribution in [0.15, 0.2) is 107 Å². The molecule has 0 saturated carbocycles. The molecule has 0 unspecified atom stereocenters. The maximum absolute atomic E-state index is 12.6. The largest absolute Gasteiger partial charge is 0.346 e. The number of nitrogens with zero attached hydrogens (tertiary/aromatic N) is 1. The second-order valence-corrected chi connectivity index (χ2v) is 9.53. The predicted octanol–water partition coefficient (Wildman–Crippen LogP) is 4.48. The number of aromatic nitrogens is 2. The van der Waals surface area contributed by atoms with Gasteiger partial charge >= 0.3 is 11.7 Å². The molecule has 0 amide bonds. The Morgan fingerprint density at radius 2 is 1.28 bits per heavy atom. The smallest absolute Gasteiger partial charge is 0.330 e. The monoisotopic (exact) mass is 528 g/mol. The molecule has 2 atom stereocenters. The van der Waals surface area contributed by atoms with Crippen LogP contribution in [0.4, 0.5) is 0 Å². The zero-order valence-corrected chi connectivity index (χ0v) is 22.2. The molecule has 39 heavy (non-hydrogen) atoms. The number of methoxy groups -OCH3 is 2. The first-order valence-electron chi connectivity index (χ1n) is 12.9. The summed E-state index contributed by atoms with van der Waals surface area (Å²) in [5.74, 6) is -1.66. The van der Waals surface area contributed by atoms with Crippen molar-refractivity contribution in [2.75, 3.05) is 14.2 Å². The molecular weight excluding hydrogens is 496 g/mol. The molecule has 0 radical (unpaired) electrons. The molecule has 0 bridgehead atoms. The molecule has 3 aromatic carbocycles. The minimum atomic E-state index is -1.66. The summed E-state index contributed by atoms with van der Waals surface area (Å²) >= 11 is 0. The van der Waals surface area contributed by atoms with Crippen LogP contribution in [-0.2, 0) is 24.5 Å². The van der Waals surface area contributed by atoms with Gasteiger partial charge < -0.3 is 18.9 Å². The van der Waals surface area contributed by atoms with E-state index >= 15 is 0 Å². The zero-order valence-electron chi connectivity index (χ0n) is 22.2. The van der Waals surface area contributed by atoms with E-state index in [4.69, 9.17) is 18.9 Å². The zero-order chi connectivity index (χ0) is 27.5. The van der Waals surface area contributed by atoms with Gasteiger partial charge in [0.2, 0.25) is 0 Å². The fourth-order valence-corrected chi connectivity index (χ4v) is 5.29. The van der Waals surface area contributed by atoms with Gasteiger partial charge in [0.15, 0.2) is 0 Å². The summed E-state index contributed by atoms with van der Waals surface area (Å²) in [4.78, 5) is 26.9. The van der Waals surface area contributed by atoms with Crippen molar-refractivity contribution in [2.24, 2.45) is 0 Å². The van der Waals surface area contributed by atoms with Gasteiger partial charge in [-0.15, -0.1) is 0 Å². The second-order valence-electron chi connectivity index (χ2n) is 9.53. The first-order valence-corrected chi connectivity index (χ1v) is 12.9. The highest BCUT2D eigenvalue weighted by molar-refractivity contribution is 5.47. The lowest BCUT2D eigenvalue weighted by atomic mass is 9.80. The summed E-state index contributed by atoms with van der Waals surface area (Å²) in [6.07, 6.45) is 1.14. The van der Waals surface area contributed by atoms with Gasteiger partial charge in [0.05, 0.1) is 0 Å². The van der Waals surface area contributed by atoms with Crippen molar-refractivity contribution in [3.05, 3.63) is 140 Å². The summed E-state index contributed by atoms with van der Waals surface area (Å²) < 4.78 is 27.0. The number of H-pyrrole nitrogens is 1. The average Bonchev–Trinajstić information content (AvgIpc) is 3.48. The van der Waals surface area contributed by atoms with E-state index < -0.39 is 35.2 Å². The first kappa shape index (κ1) is 26.8. The highest BCUT2D eigenvalue weighted by atomic mass is 16.9. The van der Waals surface area contributed by atoms with Gasteiger partial charge in [-0.25, -0.2) is 4.79 Å². The Kier molecular flexibility index (Phi) is 7.63. The Hall–Kier alpha value is -3.82. The number of hydrogen-bond donors (Lipinski definition) is 1. The van der Waals surface area contributed by atoms with Crippen LogP contribution >= 0.6 is 0 Å². The van der Waals surface area contributed by atoms with Gasteiger partial charge in [-0.1, -0.05) is 91.0 Å². The molecule has 1 saturated heterocycles. The van der Waals surface area contributed by atoms with Crippen LogP contribution in [0.2, 0.25) is 0 Å². The summed E-state index contributed by atoms with van der Waals surface area (Å²) in [7, 11) is 3.03. The Morgan fingerprint density at radius 1 is 0.795 bits per heavy atom. The van der Waals surface area contributed by atoms with Gasteiger partial charge in [0, 0.05) is 26.0 Å². The van der Waals surface area contributed by atoms with Crippen molar-refractivity contribution < 1.29 is 18.9 Å². The van der Waals surface area contributed by atoms with Gasteiger partial charge in [-0.2, -0.15) is 0 Å². The Labute approximate surface area is 226 Å². The van der Waals surface area contributed by atoms with Crippen LogP contribution in [0, 0.1) is 6.92 Å². The Morgan fingerprint density at radius 3 is 1.74 bits per heavy atom. The van der Waals surface area contributed by atoms with E-state index in [1.807, 2.05) is 91.0 Å². The maximum atomic E-state index is 12.6. The summed E-state index contributed by atoms with van der Waals surface area (Å²) in [6.45, 7) is 1.65. The first-order chi connectivity index (χ1) is 18.9. The lowest BCUT2D eigenvalue weighted by Crippen LogP contribution is -2.54. The van der Waals surface area contributed by atoms with E-state index in [1.54, 1.807) is 6.92 Å². The highest BCUT2D eigenvalue weighted by Gasteiger charge is 2.54. The molecule has 1 aliphatic rings. The molecule has 0 aliphatic carbocycles. The van der Waals surface area contributed by atoms with Gasteiger partial charge in [-0.3, -0.25) is 14.3 Å². The van der Waals surface area contributed by atoms with Crippen LogP contribution in [0.5, 0.6) is 0 Å². The third kappa shape index (κ3) is 4.88. The minimum absolute atomic E-state index is 0.416. The normalized spacial score (nSPS) is 17.8. The van der Waals surface area contributed by atoms with Gasteiger partial charge in [0.25, 0.3) is 5.56 Å². The SMILES string of the molecule is COC(OC)(OC(c1ccccc1)(c1ccccc1)c1ccccc1)[C@@H]1CC[C@H](n2cc(C)c(=O)[nH]c2=O)O1. The third-order valence-electron chi connectivity index (χ3n) is 7.25. The standard InChI is InChI=1S/C31H32N2O6/c1-22-21-33(29(35)32-28(22)34)27-20-19-26(38-27)31(36-2,37-3)39-30(23-13-7-4-8-14-23,24-15-9-5-10-16-24)25-17-11-6-12-18-25/h4-18,21,26-27H,19-20H2,1-3H3,(H,32,34,35)/t26-,27+/m0/s1. The highest BCUT2D eigenvalue weighted by Crippen LogP contribution is 2.47. The van der Waals surface area contributed by atoms with Crippen LogP contribution < -0.4 is 11.2 Å². The fraction of sp³-hybridized carbons (Fsp3) is 0.290. The molecule has 5 rings (SSSR count). The number of rotatable bonds is 9. The molecule has 1 N–H and O–H groups in total. The van der Waals surface area contributed by atoms with E-state index in [0.717, 1.165) is 16.7 Å². The van der Waals surface area contributed by atoms with Crippen molar-refractivity contribution >= 4 is 0 Å². The fourth-order valence-electron chi connectivity index (χ4n) is 5.29. The van der Waals surface area contributed by atoms with E-state index in [9.17, 15) is 9.59 Å². The third-order valence-corrected chi connectivity index (χ3v) is 7.25. The predicted molar refractivity (Wildman–Crippen MR) is 146 cm³/mol. The lowest BCUT2D eigenvalue weighted by molar-refractivity contribution is -0.422. The van der Waals surface area contributed by atoms with Crippen molar-refractivity contribution in [3.8, 4) is 0 Å². The average molecular weight is 529 g/mol. The van der Waals surface area contributed by atoms with Crippen LogP contribution in [0.1, 0.15) is 41.3 Å². The number of nitrogens with one attached hydrogen (secondary N) is 1. The lowest BCUT2D eigenvalue weighted by Gasteiger charge is -2.45. The summed E-state index contributed by atoms with van der Waals surface area (Å²) in [6, 6.07) is 29.7. The van der Waals surface area contributed by atoms with Crippen molar-refractivity contribution in [3.63, 3.8) is 0 Å². The van der Waals surface area contributed by atoms with E-state index in [2.05, 4.69) is 4.98 Å². The number of aromatic amines is 1. The molecule has 0 spiro atoms. The van der Waals surface area contributed by atoms with Crippen molar-refractivity contribution in [1.29, 1.82) is 0 Å². The van der Waals surface area contributed by atoms with Gasteiger partial charge in [0.1, 0.15) is 17.9 Å². The Bertz CT molecular complexity index is 1400. The summed E-state index contributed by atoms with van der Waals surface area (Å²) in [5, 5.41) is 0. The number of hydrogen-bond acceptors (Lipinski definition) is 6. The van der Waals surface area contributed by atoms with E-state index in [-0.39, 0.29) is 0 Å². The van der Waals surface area contributed by atoms with Crippen molar-refractivity contribution in [2.45, 2.75) is 43.7 Å². The molecule has 2 heterocycles. The van der Waals surface area contributed by atoms with E-state index in [1.165, 1.54) is 25.0 Å². The summed E-state index contributed by atoms with van der Waals surface area (Å²) in [5.41, 5.74) is 0.955. The quantitative estimate of drug-likeness (QED) is 0.255.